The average molecular weight is 161 g/mol. The van der Waals surface area contributed by atoms with Crippen LogP contribution in [0.3, 0.4) is 0 Å². The van der Waals surface area contributed by atoms with E-state index in [1.165, 1.54) is 0 Å². The Kier molecular flexibility index (Phi) is 4.56. The molecule has 0 fully saturated rings. The molecule has 5 heteroatoms. The smallest absolute Gasteiger partial charge is 0.153 e. The van der Waals surface area contributed by atoms with E-state index < -0.39 is 0 Å². The fraction of sp³-hybridized carbons (Fsp3) is 0.833. The van der Waals surface area contributed by atoms with Gasteiger partial charge in [0.25, 0.3) is 0 Å². The van der Waals surface area contributed by atoms with Gasteiger partial charge in [-0.3, -0.25) is 4.90 Å². The van der Waals surface area contributed by atoms with Crippen LogP contribution in [0.1, 0.15) is 6.92 Å². The number of aliphatic hydroxyl groups excluding tert-OH is 1. The average Bonchev–Trinajstić information content (AvgIpc) is 2.02. The quantitative estimate of drug-likeness (QED) is 0.215. The second-order valence-electron chi connectivity index (χ2n) is 2.54. The molecule has 11 heavy (non-hydrogen) atoms. The van der Waals surface area contributed by atoms with Crippen LogP contribution in [0.25, 0.3) is 0 Å². The first-order chi connectivity index (χ1) is 5.11. The van der Waals surface area contributed by atoms with Gasteiger partial charge in [0.05, 0.1) is 13.2 Å². The van der Waals surface area contributed by atoms with Gasteiger partial charge >= 0.3 is 0 Å². The van der Waals surface area contributed by atoms with Crippen LogP contribution in [0.15, 0.2) is 5.16 Å². The van der Waals surface area contributed by atoms with Gasteiger partial charge in [0.1, 0.15) is 0 Å². The van der Waals surface area contributed by atoms with Gasteiger partial charge in [0.2, 0.25) is 0 Å². The molecular weight excluding hydrogens is 146 g/mol. The summed E-state index contributed by atoms with van der Waals surface area (Å²) in [6, 6.07) is 0.0234. The van der Waals surface area contributed by atoms with E-state index in [1.54, 1.807) is 11.9 Å². The molecule has 0 heterocycles. The second-order valence-corrected chi connectivity index (χ2v) is 2.54. The Hall–Kier alpha value is -0.810. The van der Waals surface area contributed by atoms with Gasteiger partial charge in [-0.15, -0.1) is 0 Å². The maximum atomic E-state index is 8.71. The third-order valence-corrected chi connectivity index (χ3v) is 1.56. The van der Waals surface area contributed by atoms with Crippen molar-refractivity contribution >= 4 is 5.84 Å². The Morgan fingerprint density at radius 2 is 2.27 bits per heavy atom. The summed E-state index contributed by atoms with van der Waals surface area (Å²) in [5, 5.41) is 19.7. The molecule has 0 aromatic rings. The summed E-state index contributed by atoms with van der Waals surface area (Å²) in [5.41, 5.74) is 5.24. The van der Waals surface area contributed by atoms with E-state index in [1.807, 2.05) is 6.92 Å². The van der Waals surface area contributed by atoms with Gasteiger partial charge in [-0.05, 0) is 14.0 Å². The Balaban J connectivity index is 3.76. The zero-order chi connectivity index (χ0) is 8.85. The lowest BCUT2D eigenvalue weighted by molar-refractivity contribution is 0.172. The number of rotatable bonds is 4. The normalized spacial score (nSPS) is 15.5. The predicted octanol–water partition coefficient (Wildman–Crippen LogP) is -0.955. The van der Waals surface area contributed by atoms with Crippen LogP contribution in [-0.4, -0.2) is 47.3 Å². The Morgan fingerprint density at radius 1 is 1.73 bits per heavy atom. The first kappa shape index (κ1) is 10.2. The highest BCUT2D eigenvalue weighted by Gasteiger charge is 2.08. The third-order valence-electron chi connectivity index (χ3n) is 1.56. The molecule has 0 aromatic carbocycles. The fourth-order valence-corrected chi connectivity index (χ4v) is 0.582. The first-order valence-electron chi connectivity index (χ1n) is 3.39. The van der Waals surface area contributed by atoms with Gasteiger partial charge in [-0.2, -0.15) is 0 Å². The molecule has 1 unspecified atom stereocenters. The molecule has 4 N–H and O–H groups in total. The van der Waals surface area contributed by atoms with E-state index in [4.69, 9.17) is 16.0 Å². The zero-order valence-electron chi connectivity index (χ0n) is 6.86. The molecular formula is C6H15N3O2. The molecule has 5 nitrogen and oxygen atoms in total. The molecule has 0 rings (SSSR count). The van der Waals surface area contributed by atoms with E-state index in [0.717, 1.165) is 0 Å². The number of aliphatic hydroxyl groups is 1. The topological polar surface area (TPSA) is 82.1 Å². The number of likely N-dealkylation sites (N-methyl/N-ethyl adjacent to an activating group) is 1. The van der Waals surface area contributed by atoms with E-state index in [-0.39, 0.29) is 18.5 Å². The largest absolute Gasteiger partial charge is 0.409 e. The van der Waals surface area contributed by atoms with E-state index in [0.29, 0.717) is 6.54 Å². The number of nitrogens with zero attached hydrogens (tertiary/aromatic N) is 2. The summed E-state index contributed by atoms with van der Waals surface area (Å²) in [6.45, 7) is 2.28. The molecule has 0 saturated carbocycles. The van der Waals surface area contributed by atoms with E-state index in [9.17, 15) is 0 Å². The maximum Gasteiger partial charge on any atom is 0.153 e. The molecule has 0 aliphatic carbocycles. The van der Waals surface area contributed by atoms with Crippen LogP contribution in [0.4, 0.5) is 0 Å². The van der Waals surface area contributed by atoms with Crippen LogP contribution in [0.5, 0.6) is 0 Å². The van der Waals surface area contributed by atoms with Crippen molar-refractivity contribution in [2.45, 2.75) is 13.0 Å². The monoisotopic (exact) mass is 161 g/mol. The van der Waals surface area contributed by atoms with Crippen molar-refractivity contribution in [3.05, 3.63) is 0 Å². The summed E-state index contributed by atoms with van der Waals surface area (Å²) < 4.78 is 0. The highest BCUT2D eigenvalue weighted by molar-refractivity contribution is 5.81. The Morgan fingerprint density at radius 3 is 2.64 bits per heavy atom. The lowest BCUT2D eigenvalue weighted by Gasteiger charge is -2.21. The highest BCUT2D eigenvalue weighted by Crippen LogP contribution is 1.92. The van der Waals surface area contributed by atoms with Crippen LogP contribution >= 0.6 is 0 Å². The Labute approximate surface area is 66.1 Å². The zero-order valence-corrected chi connectivity index (χ0v) is 6.86. The van der Waals surface area contributed by atoms with Crippen molar-refractivity contribution in [1.82, 2.24) is 4.90 Å². The van der Waals surface area contributed by atoms with Crippen LogP contribution in [-0.2, 0) is 0 Å². The fourth-order valence-electron chi connectivity index (χ4n) is 0.582. The molecule has 0 bridgehead atoms. The lowest BCUT2D eigenvalue weighted by Crippen LogP contribution is -2.38. The van der Waals surface area contributed by atoms with Gasteiger partial charge in [-0.25, -0.2) is 0 Å². The number of oxime groups is 1. The highest BCUT2D eigenvalue weighted by atomic mass is 16.4. The first-order valence-corrected chi connectivity index (χ1v) is 3.39. The van der Waals surface area contributed by atoms with Crippen molar-refractivity contribution in [2.24, 2.45) is 10.9 Å². The van der Waals surface area contributed by atoms with Crippen LogP contribution < -0.4 is 5.73 Å². The molecule has 0 aliphatic rings. The number of hydrogen-bond acceptors (Lipinski definition) is 4. The molecule has 0 radical (unpaired) electrons. The van der Waals surface area contributed by atoms with Gasteiger partial charge in [0.15, 0.2) is 5.84 Å². The minimum atomic E-state index is 0.0234. The summed E-state index contributed by atoms with van der Waals surface area (Å²) in [7, 11) is 1.79. The second kappa shape index (κ2) is 4.92. The number of hydrogen-bond donors (Lipinski definition) is 3. The summed E-state index contributed by atoms with van der Waals surface area (Å²) in [4.78, 5) is 1.79. The standard InChI is InChI=1S/C6H15N3O2/c1-5(4-10)9(2)3-6(7)8-11/h5,10-11H,3-4H2,1-2H3,(H2,7,8). The molecule has 66 valence electrons. The molecule has 1 atom stereocenters. The number of nitrogens with two attached hydrogens (primary N) is 1. The minimum absolute atomic E-state index is 0.0234. The van der Waals surface area contributed by atoms with Crippen molar-refractivity contribution in [1.29, 1.82) is 0 Å². The lowest BCUT2D eigenvalue weighted by atomic mass is 10.3. The van der Waals surface area contributed by atoms with Crippen LogP contribution in [0, 0.1) is 0 Å². The SMILES string of the molecule is CC(CO)N(C)CC(N)=NO. The van der Waals surface area contributed by atoms with Crippen molar-refractivity contribution in [3.63, 3.8) is 0 Å². The molecule has 0 saturated heterocycles. The van der Waals surface area contributed by atoms with Crippen molar-refractivity contribution in [3.8, 4) is 0 Å². The summed E-state index contributed by atoms with van der Waals surface area (Å²) in [5.74, 6) is 0.146. The predicted molar refractivity (Wildman–Crippen MR) is 42.6 cm³/mol. The minimum Gasteiger partial charge on any atom is -0.409 e. The van der Waals surface area contributed by atoms with Gasteiger partial charge in [-0.1, -0.05) is 5.16 Å². The molecule has 0 amide bonds. The van der Waals surface area contributed by atoms with Crippen molar-refractivity contribution < 1.29 is 10.3 Å². The van der Waals surface area contributed by atoms with Gasteiger partial charge in [0, 0.05) is 6.04 Å². The summed E-state index contributed by atoms with van der Waals surface area (Å²) in [6.07, 6.45) is 0. The molecule has 0 spiro atoms. The van der Waals surface area contributed by atoms with Gasteiger partial charge < -0.3 is 16.0 Å². The summed E-state index contributed by atoms with van der Waals surface area (Å²) >= 11 is 0. The number of amidine groups is 1. The van der Waals surface area contributed by atoms with E-state index in [2.05, 4.69) is 5.16 Å². The molecule has 0 aromatic heterocycles. The van der Waals surface area contributed by atoms with Crippen molar-refractivity contribution in [2.75, 3.05) is 20.2 Å². The maximum absolute atomic E-state index is 8.71. The molecule has 0 aliphatic heterocycles. The van der Waals surface area contributed by atoms with Crippen LogP contribution in [0.2, 0.25) is 0 Å². The Bertz CT molecular complexity index is 138. The third kappa shape index (κ3) is 3.79. The van der Waals surface area contributed by atoms with E-state index >= 15 is 0 Å².